The summed E-state index contributed by atoms with van der Waals surface area (Å²) in [6, 6.07) is 5.48. The molecule has 3 rings (SSSR count). The van der Waals surface area contributed by atoms with Crippen molar-refractivity contribution < 1.29 is 9.59 Å². The zero-order valence-electron chi connectivity index (χ0n) is 16.8. The lowest BCUT2D eigenvalue weighted by Gasteiger charge is -2.30. The number of aryl methyl sites for hydroxylation is 2. The molecular weight excluding hydrogens is 354 g/mol. The molecule has 7 nitrogen and oxygen atoms in total. The number of rotatable bonds is 5. The summed E-state index contributed by atoms with van der Waals surface area (Å²) < 4.78 is 1.60. The summed E-state index contributed by atoms with van der Waals surface area (Å²) >= 11 is 0. The van der Waals surface area contributed by atoms with Gasteiger partial charge in [-0.3, -0.25) is 14.3 Å². The van der Waals surface area contributed by atoms with E-state index >= 15 is 0 Å². The van der Waals surface area contributed by atoms with E-state index in [0.717, 1.165) is 37.2 Å². The Morgan fingerprint density at radius 2 is 2.04 bits per heavy atom. The molecule has 2 heterocycles. The molecule has 0 saturated carbocycles. The van der Waals surface area contributed by atoms with E-state index in [0.29, 0.717) is 17.2 Å². The number of anilines is 1. The number of carbonyl (C=O) groups excluding carboxylic acids is 2. The minimum atomic E-state index is -0.224. The molecule has 0 unspecified atom stereocenters. The first kappa shape index (κ1) is 19.8. The van der Waals surface area contributed by atoms with Crippen LogP contribution in [-0.2, 0) is 18.4 Å². The van der Waals surface area contributed by atoms with Gasteiger partial charge in [0.1, 0.15) is 5.69 Å². The van der Waals surface area contributed by atoms with Crippen molar-refractivity contribution in [2.75, 3.05) is 18.0 Å². The minimum Gasteiger partial charge on any atom is -0.339 e. The highest BCUT2D eigenvalue weighted by Gasteiger charge is 2.23. The van der Waals surface area contributed by atoms with Crippen molar-refractivity contribution in [3.63, 3.8) is 0 Å². The first-order chi connectivity index (χ1) is 13.4. The smallest absolute Gasteiger partial charge is 0.253 e. The molecular formula is C21H27N5O2. The van der Waals surface area contributed by atoms with Crippen molar-refractivity contribution in [3.05, 3.63) is 53.9 Å². The van der Waals surface area contributed by atoms with Crippen LogP contribution in [0, 0.1) is 12.8 Å². The fraction of sp³-hybridized carbons (Fsp3) is 0.429. The Bertz CT molecular complexity index is 881. The van der Waals surface area contributed by atoms with E-state index in [-0.39, 0.29) is 18.4 Å². The van der Waals surface area contributed by atoms with E-state index in [1.807, 2.05) is 24.0 Å². The number of likely N-dealkylation sites (tertiary alicyclic amines) is 1. The quantitative estimate of drug-likeness (QED) is 0.747. The van der Waals surface area contributed by atoms with Gasteiger partial charge in [0, 0.05) is 37.6 Å². The number of hydrogen-bond donors (Lipinski definition) is 0. The number of piperidine rings is 1. The van der Waals surface area contributed by atoms with Crippen LogP contribution in [0.15, 0.2) is 37.1 Å². The fourth-order valence-electron chi connectivity index (χ4n) is 3.51. The Hall–Kier alpha value is -2.96. The Labute approximate surface area is 165 Å². The SMILES string of the molecule is C=CC(=O)N(Cc1cn(C)nn1)c1ccc(C(=O)N2CCC(C)CC2)cc1C. The molecule has 1 aliphatic heterocycles. The molecule has 2 aromatic rings. The van der Waals surface area contributed by atoms with Crippen LogP contribution in [-0.4, -0.2) is 44.8 Å². The average Bonchev–Trinajstić information content (AvgIpc) is 3.10. The molecule has 0 N–H and O–H groups in total. The third-order valence-corrected chi connectivity index (χ3v) is 5.22. The van der Waals surface area contributed by atoms with E-state index in [1.165, 1.54) is 6.08 Å². The summed E-state index contributed by atoms with van der Waals surface area (Å²) in [5.41, 5.74) is 2.93. The molecule has 1 aliphatic rings. The first-order valence-corrected chi connectivity index (χ1v) is 9.58. The highest BCUT2D eigenvalue weighted by Crippen LogP contribution is 2.25. The van der Waals surface area contributed by atoms with E-state index in [9.17, 15) is 9.59 Å². The van der Waals surface area contributed by atoms with E-state index in [4.69, 9.17) is 0 Å². The topological polar surface area (TPSA) is 71.3 Å². The summed E-state index contributed by atoms with van der Waals surface area (Å²) in [5, 5.41) is 7.98. The molecule has 0 atom stereocenters. The Balaban J connectivity index is 1.83. The first-order valence-electron chi connectivity index (χ1n) is 9.58. The van der Waals surface area contributed by atoms with Crippen molar-refractivity contribution in [2.24, 2.45) is 13.0 Å². The summed E-state index contributed by atoms with van der Waals surface area (Å²) in [6.07, 6.45) is 5.14. The lowest BCUT2D eigenvalue weighted by Crippen LogP contribution is -2.38. The van der Waals surface area contributed by atoms with Gasteiger partial charge in [-0.2, -0.15) is 0 Å². The van der Waals surface area contributed by atoms with E-state index in [1.54, 1.807) is 28.9 Å². The highest BCUT2D eigenvalue weighted by atomic mass is 16.2. The maximum absolute atomic E-state index is 12.8. The summed E-state index contributed by atoms with van der Waals surface area (Å²) in [7, 11) is 1.78. The lowest BCUT2D eigenvalue weighted by molar-refractivity contribution is -0.114. The molecule has 0 bridgehead atoms. The number of carbonyl (C=O) groups is 2. The second-order valence-electron chi connectivity index (χ2n) is 7.49. The lowest BCUT2D eigenvalue weighted by atomic mass is 9.98. The van der Waals surface area contributed by atoms with Gasteiger partial charge in [0.15, 0.2) is 0 Å². The fourth-order valence-corrected chi connectivity index (χ4v) is 3.51. The van der Waals surface area contributed by atoms with Gasteiger partial charge in [-0.25, -0.2) is 0 Å². The normalized spacial score (nSPS) is 14.8. The molecule has 1 saturated heterocycles. The molecule has 7 heteroatoms. The number of aromatic nitrogens is 3. The van der Waals surface area contributed by atoms with Gasteiger partial charge in [0.2, 0.25) is 0 Å². The molecule has 28 heavy (non-hydrogen) atoms. The number of nitrogens with zero attached hydrogens (tertiary/aromatic N) is 5. The molecule has 0 spiro atoms. The van der Waals surface area contributed by atoms with E-state index in [2.05, 4.69) is 23.8 Å². The minimum absolute atomic E-state index is 0.0528. The van der Waals surface area contributed by atoms with Crippen LogP contribution in [0.5, 0.6) is 0 Å². The highest BCUT2D eigenvalue weighted by molar-refractivity contribution is 6.02. The maximum atomic E-state index is 12.8. The van der Waals surface area contributed by atoms with Crippen LogP contribution in [0.2, 0.25) is 0 Å². The zero-order valence-corrected chi connectivity index (χ0v) is 16.8. The largest absolute Gasteiger partial charge is 0.339 e. The standard InChI is InChI=1S/C21H27N5O2/c1-5-20(27)26(14-18-13-24(4)23-22-18)19-7-6-17(12-16(19)3)21(28)25-10-8-15(2)9-11-25/h5-7,12-13,15H,1,8-11,14H2,2-4H3. The molecule has 2 amide bonds. The monoisotopic (exact) mass is 381 g/mol. The van der Waals surface area contributed by atoms with Crippen molar-refractivity contribution in [3.8, 4) is 0 Å². The Morgan fingerprint density at radius 3 is 2.61 bits per heavy atom. The van der Waals surface area contributed by atoms with Crippen molar-refractivity contribution in [1.82, 2.24) is 19.9 Å². The summed E-state index contributed by atoms with van der Waals surface area (Å²) in [4.78, 5) is 28.8. The van der Waals surface area contributed by atoms with Crippen LogP contribution >= 0.6 is 0 Å². The Kier molecular flexibility index (Phi) is 5.92. The predicted octanol–water partition coefficient (Wildman–Crippen LogP) is 2.71. The van der Waals surface area contributed by atoms with Gasteiger partial charge in [0.25, 0.3) is 11.8 Å². The second-order valence-corrected chi connectivity index (χ2v) is 7.49. The van der Waals surface area contributed by atoms with Crippen molar-refractivity contribution >= 4 is 17.5 Å². The summed E-state index contributed by atoms with van der Waals surface area (Å²) in [5.74, 6) is 0.502. The van der Waals surface area contributed by atoms with Gasteiger partial charge in [-0.1, -0.05) is 18.7 Å². The average molecular weight is 381 g/mol. The number of benzene rings is 1. The molecule has 0 aliphatic carbocycles. The van der Waals surface area contributed by atoms with Crippen LogP contribution in [0.4, 0.5) is 5.69 Å². The van der Waals surface area contributed by atoms with Gasteiger partial charge >= 0.3 is 0 Å². The molecule has 148 valence electrons. The second kappa shape index (κ2) is 8.37. The molecule has 1 fully saturated rings. The van der Waals surface area contributed by atoms with Crippen LogP contribution in [0.3, 0.4) is 0 Å². The van der Waals surface area contributed by atoms with E-state index < -0.39 is 0 Å². The molecule has 1 aromatic heterocycles. The van der Waals surface area contributed by atoms with Gasteiger partial charge in [0.05, 0.1) is 6.54 Å². The van der Waals surface area contributed by atoms with Crippen molar-refractivity contribution in [1.29, 1.82) is 0 Å². The predicted molar refractivity (Wildman–Crippen MR) is 108 cm³/mol. The summed E-state index contributed by atoms with van der Waals surface area (Å²) in [6.45, 7) is 9.62. The van der Waals surface area contributed by atoms with Crippen molar-refractivity contribution in [2.45, 2.75) is 33.2 Å². The maximum Gasteiger partial charge on any atom is 0.253 e. The zero-order chi connectivity index (χ0) is 20.3. The number of hydrogen-bond acceptors (Lipinski definition) is 4. The van der Waals surface area contributed by atoms with Gasteiger partial charge in [-0.05, 0) is 55.5 Å². The van der Waals surface area contributed by atoms with Crippen LogP contribution in [0.1, 0.15) is 41.4 Å². The van der Waals surface area contributed by atoms with Crippen LogP contribution < -0.4 is 4.90 Å². The third-order valence-electron chi connectivity index (χ3n) is 5.22. The van der Waals surface area contributed by atoms with Gasteiger partial charge in [-0.15, -0.1) is 5.10 Å². The molecule has 0 radical (unpaired) electrons. The number of amides is 2. The third kappa shape index (κ3) is 4.30. The Morgan fingerprint density at radius 1 is 1.32 bits per heavy atom. The van der Waals surface area contributed by atoms with Crippen LogP contribution in [0.25, 0.3) is 0 Å². The molecule has 1 aromatic carbocycles. The van der Waals surface area contributed by atoms with Gasteiger partial charge < -0.3 is 9.80 Å².